The summed E-state index contributed by atoms with van der Waals surface area (Å²) in [4.78, 5) is 39.9. The Balaban J connectivity index is 0.00000216. The molecule has 0 aliphatic carbocycles. The van der Waals surface area contributed by atoms with Crippen LogP contribution >= 0.6 is 23.2 Å². The molecule has 9 nitrogen and oxygen atoms in total. The van der Waals surface area contributed by atoms with Crippen molar-refractivity contribution in [3.05, 3.63) is 111 Å². The van der Waals surface area contributed by atoms with Gasteiger partial charge in [0.05, 0.1) is 10.7 Å². The second-order valence-corrected chi connectivity index (χ2v) is 11.1. The first-order chi connectivity index (χ1) is 20.9. The molecule has 0 bridgehead atoms. The van der Waals surface area contributed by atoms with Crippen molar-refractivity contribution in [2.24, 2.45) is 0 Å². The van der Waals surface area contributed by atoms with Crippen LogP contribution < -0.4 is 16.2 Å². The molecule has 2 N–H and O–H groups in total. The highest BCUT2D eigenvalue weighted by Gasteiger charge is 2.18. The van der Waals surface area contributed by atoms with Gasteiger partial charge in [-0.25, -0.2) is 14.2 Å². The summed E-state index contributed by atoms with van der Waals surface area (Å²) >= 11 is 10.6. The van der Waals surface area contributed by atoms with E-state index in [4.69, 9.17) is 16.3 Å². The molecule has 44 heavy (non-hydrogen) atoms. The molecule has 5 aromatic rings. The Bertz CT molecular complexity index is 1860. The zero-order valence-corrected chi connectivity index (χ0v) is 26.3. The van der Waals surface area contributed by atoms with Crippen LogP contribution in [0.3, 0.4) is 0 Å². The average molecular weight is 638 g/mol. The van der Waals surface area contributed by atoms with Gasteiger partial charge in [-0.05, 0) is 81.8 Å². The number of anilines is 3. The molecule has 0 spiro atoms. The van der Waals surface area contributed by atoms with E-state index in [-0.39, 0.29) is 16.5 Å². The number of nitrogens with one attached hydrogen (secondary N) is 2. The van der Waals surface area contributed by atoms with E-state index in [0.717, 1.165) is 11.3 Å². The summed E-state index contributed by atoms with van der Waals surface area (Å²) in [6.07, 6.45) is 4.49. The van der Waals surface area contributed by atoms with Crippen molar-refractivity contribution in [2.75, 3.05) is 17.0 Å². The normalized spacial score (nSPS) is 11.0. The van der Waals surface area contributed by atoms with Gasteiger partial charge in [-0.1, -0.05) is 23.7 Å². The molecule has 0 saturated heterocycles. The third kappa shape index (κ3) is 8.09. The minimum absolute atomic E-state index is 0.0543. The van der Waals surface area contributed by atoms with Crippen molar-refractivity contribution < 1.29 is 13.9 Å². The van der Waals surface area contributed by atoms with Crippen molar-refractivity contribution in [3.63, 3.8) is 0 Å². The number of benzene rings is 2. The van der Waals surface area contributed by atoms with Crippen LogP contribution in [0.1, 0.15) is 37.6 Å². The maximum Gasteiger partial charge on any atom is 0.412 e. The Morgan fingerprint density at radius 3 is 2.45 bits per heavy atom. The lowest BCUT2D eigenvalue weighted by Gasteiger charge is -2.20. The van der Waals surface area contributed by atoms with Crippen molar-refractivity contribution in [3.8, 4) is 5.69 Å². The van der Waals surface area contributed by atoms with Crippen LogP contribution in [0.4, 0.5) is 26.5 Å². The number of aryl methyl sites for hydroxylation is 1. The third-order valence-electron chi connectivity index (χ3n) is 6.08. The minimum atomic E-state index is -0.678. The highest BCUT2D eigenvalue weighted by molar-refractivity contribution is 6.31. The van der Waals surface area contributed by atoms with Crippen LogP contribution in [0.2, 0.25) is 5.02 Å². The predicted molar refractivity (Wildman–Crippen MR) is 173 cm³/mol. The lowest BCUT2D eigenvalue weighted by atomic mass is 10.1. The number of halogens is 3. The molecular formula is C32H31Cl2FN6O3. The maximum atomic E-state index is 14.0. The van der Waals surface area contributed by atoms with E-state index in [1.807, 2.05) is 19.1 Å². The van der Waals surface area contributed by atoms with Gasteiger partial charge in [0.25, 0.3) is 5.56 Å². The predicted octanol–water partition coefficient (Wildman–Crippen LogP) is 7.81. The minimum Gasteiger partial charge on any atom is -0.444 e. The topological polar surface area (TPSA) is 111 Å². The SMILES string of the molecule is CCl.Cc1ccc(Cc2cc3cnc(Nc4ccc(F)c(Cl)c4)nc3n(-c3cccc(NC(=O)OC(C)(C)C)c3)c2=O)nc1. The number of fused-ring (bicyclic) bond motifs is 1. The number of amides is 1. The second kappa shape index (κ2) is 13.8. The Hall–Kier alpha value is -4.54. The fraction of sp³-hybridized carbons (Fsp3) is 0.219. The molecule has 0 aliphatic heterocycles. The molecule has 5 rings (SSSR count). The van der Waals surface area contributed by atoms with Gasteiger partial charge in [-0.15, -0.1) is 11.6 Å². The van der Waals surface area contributed by atoms with Gasteiger partial charge in [-0.2, -0.15) is 4.98 Å². The van der Waals surface area contributed by atoms with Crippen LogP contribution in [-0.2, 0) is 11.2 Å². The number of hydrogen-bond donors (Lipinski definition) is 2. The zero-order valence-electron chi connectivity index (χ0n) is 24.8. The second-order valence-electron chi connectivity index (χ2n) is 10.7. The molecule has 2 aromatic carbocycles. The summed E-state index contributed by atoms with van der Waals surface area (Å²) in [5.74, 6) is -0.375. The highest BCUT2D eigenvalue weighted by atomic mass is 35.5. The first-order valence-electron chi connectivity index (χ1n) is 13.5. The number of rotatable bonds is 6. The Morgan fingerprint density at radius 2 is 1.77 bits per heavy atom. The summed E-state index contributed by atoms with van der Waals surface area (Å²) in [6.45, 7) is 7.26. The molecule has 228 valence electrons. The fourth-order valence-corrected chi connectivity index (χ4v) is 4.40. The summed E-state index contributed by atoms with van der Waals surface area (Å²) in [5.41, 5.74) is 2.93. The van der Waals surface area contributed by atoms with Crippen LogP contribution in [-0.4, -0.2) is 37.6 Å². The summed E-state index contributed by atoms with van der Waals surface area (Å²) in [6, 6.07) is 16.5. The van der Waals surface area contributed by atoms with Gasteiger partial charge in [0.15, 0.2) is 5.65 Å². The molecule has 0 aliphatic rings. The Morgan fingerprint density at radius 1 is 1.00 bits per heavy atom. The van der Waals surface area contributed by atoms with Crippen molar-refractivity contribution in [2.45, 2.75) is 39.7 Å². The van der Waals surface area contributed by atoms with Crippen LogP contribution in [0.25, 0.3) is 16.7 Å². The van der Waals surface area contributed by atoms with E-state index in [0.29, 0.717) is 40.1 Å². The number of carbonyl (C=O) groups is 1. The molecule has 0 radical (unpaired) electrons. The van der Waals surface area contributed by atoms with Gasteiger partial charge < -0.3 is 10.1 Å². The van der Waals surface area contributed by atoms with E-state index >= 15 is 0 Å². The van der Waals surface area contributed by atoms with Crippen LogP contribution in [0.5, 0.6) is 0 Å². The number of ether oxygens (including phenoxy) is 1. The molecule has 3 aromatic heterocycles. The van der Waals surface area contributed by atoms with Crippen molar-refractivity contribution in [1.82, 2.24) is 19.5 Å². The van der Waals surface area contributed by atoms with E-state index in [1.165, 1.54) is 29.1 Å². The zero-order chi connectivity index (χ0) is 32.0. The number of pyridine rings is 2. The largest absolute Gasteiger partial charge is 0.444 e. The number of aromatic nitrogens is 4. The van der Waals surface area contributed by atoms with Crippen LogP contribution in [0, 0.1) is 12.7 Å². The maximum absolute atomic E-state index is 14.0. The number of alkyl halides is 1. The third-order valence-corrected chi connectivity index (χ3v) is 6.37. The lowest BCUT2D eigenvalue weighted by molar-refractivity contribution is 0.0636. The van der Waals surface area contributed by atoms with Gasteiger partial charge in [0.2, 0.25) is 5.95 Å². The molecule has 0 saturated carbocycles. The van der Waals surface area contributed by atoms with Gasteiger partial charge in [-0.3, -0.25) is 19.7 Å². The van der Waals surface area contributed by atoms with Gasteiger partial charge >= 0.3 is 6.09 Å². The molecule has 0 fully saturated rings. The Labute approximate surface area is 264 Å². The van der Waals surface area contributed by atoms with E-state index in [9.17, 15) is 14.0 Å². The number of carbonyl (C=O) groups excluding carboxylic acids is 1. The lowest BCUT2D eigenvalue weighted by Crippen LogP contribution is -2.27. The quantitative estimate of drug-likeness (QED) is 0.183. The number of hydrogen-bond acceptors (Lipinski definition) is 7. The smallest absolute Gasteiger partial charge is 0.412 e. The fourth-order valence-electron chi connectivity index (χ4n) is 4.22. The first kappa shape index (κ1) is 32.4. The van der Waals surface area contributed by atoms with Crippen molar-refractivity contribution in [1.29, 1.82) is 0 Å². The molecule has 12 heteroatoms. The molecule has 1 amide bonds. The molecule has 3 heterocycles. The van der Waals surface area contributed by atoms with E-state index in [2.05, 4.69) is 37.2 Å². The first-order valence-corrected chi connectivity index (χ1v) is 14.6. The highest BCUT2D eigenvalue weighted by Crippen LogP contribution is 2.24. The standard InChI is InChI=1S/C31H28ClFN6O3.CH3Cl/c1-18-8-9-21(34-16-18)13-19-12-20-17-35-29(36-23-10-11-26(33)25(32)15-23)38-27(20)39(28(19)40)24-7-5-6-22(14-24)37-30(41)42-31(2,3)4;1-2/h5-12,14-17H,13H2,1-4H3,(H,37,41)(H,35,36,38);1H3. The summed E-state index contributed by atoms with van der Waals surface area (Å²) < 4.78 is 20.5. The van der Waals surface area contributed by atoms with Gasteiger partial charge in [0, 0.05) is 53.2 Å². The molecule has 0 atom stereocenters. The van der Waals surface area contributed by atoms with Crippen LogP contribution in [0.15, 0.2) is 77.9 Å². The summed E-state index contributed by atoms with van der Waals surface area (Å²) in [5, 5.41) is 6.27. The average Bonchev–Trinajstić information content (AvgIpc) is 2.97. The monoisotopic (exact) mass is 636 g/mol. The molecule has 0 unspecified atom stereocenters. The van der Waals surface area contributed by atoms with Crippen molar-refractivity contribution >= 4 is 57.7 Å². The molecular weight excluding hydrogens is 606 g/mol. The number of nitrogens with zero attached hydrogens (tertiary/aromatic N) is 4. The van der Waals surface area contributed by atoms with E-state index < -0.39 is 17.5 Å². The van der Waals surface area contributed by atoms with Gasteiger partial charge in [0.1, 0.15) is 11.4 Å². The Kier molecular flexibility index (Phi) is 10.2. The van der Waals surface area contributed by atoms with E-state index in [1.54, 1.807) is 63.5 Å². The summed E-state index contributed by atoms with van der Waals surface area (Å²) in [7, 11) is 0.